The Morgan fingerprint density at radius 1 is 1.33 bits per heavy atom. The summed E-state index contributed by atoms with van der Waals surface area (Å²) in [5.41, 5.74) is -0.301. The molecule has 1 N–H and O–H groups in total. The Hall–Kier alpha value is -0.390. The zero-order valence-electron chi connectivity index (χ0n) is 10.1. The van der Waals surface area contributed by atoms with Crippen molar-refractivity contribution in [3.8, 4) is 0 Å². The minimum Gasteiger partial charge on any atom is -0.196 e. The molecule has 0 saturated carbocycles. The first-order valence-electron chi connectivity index (χ1n) is 5.05. The van der Waals surface area contributed by atoms with Gasteiger partial charge in [0.15, 0.2) is 0 Å². The van der Waals surface area contributed by atoms with Gasteiger partial charge in [-0.1, -0.05) is 0 Å². The van der Waals surface area contributed by atoms with Gasteiger partial charge in [0.2, 0.25) is 0 Å². The van der Waals surface area contributed by atoms with E-state index in [9.17, 15) is 8.42 Å². The van der Waals surface area contributed by atoms with Crippen LogP contribution in [0.1, 0.15) is 34.1 Å². The molecular weight excluding hydrogens is 212 g/mol. The van der Waals surface area contributed by atoms with E-state index >= 15 is 0 Å². The second-order valence-corrected chi connectivity index (χ2v) is 6.07. The van der Waals surface area contributed by atoms with Gasteiger partial charge in [-0.2, -0.15) is 17.4 Å². The molecule has 1 aliphatic heterocycles. The molecule has 90 valence electrons. The van der Waals surface area contributed by atoms with Gasteiger partial charge in [0.05, 0.1) is 0 Å². The molecule has 1 rings (SSSR count). The molecule has 1 saturated heterocycles. The molecule has 0 amide bonds. The summed E-state index contributed by atoms with van der Waals surface area (Å²) < 4.78 is 27.5. The molecule has 0 aliphatic carbocycles. The van der Waals surface area contributed by atoms with Crippen LogP contribution >= 0.6 is 0 Å². The predicted octanol–water partition coefficient (Wildman–Crippen LogP) is 1.52. The zero-order valence-corrected chi connectivity index (χ0v) is 10.9. The SMILES string of the molecule is C=C.CC(C)N1CCC(C)(C)NS1(=O)=O. The average molecular weight is 234 g/mol. The van der Waals surface area contributed by atoms with Crippen molar-refractivity contribution in [3.05, 3.63) is 13.2 Å². The monoisotopic (exact) mass is 234 g/mol. The number of nitrogens with zero attached hydrogens (tertiary/aromatic N) is 1. The fraction of sp³-hybridized carbons (Fsp3) is 0.800. The van der Waals surface area contributed by atoms with E-state index in [2.05, 4.69) is 17.9 Å². The summed E-state index contributed by atoms with van der Waals surface area (Å²) in [5, 5.41) is 0. The van der Waals surface area contributed by atoms with E-state index in [0.29, 0.717) is 6.54 Å². The molecule has 0 spiro atoms. The van der Waals surface area contributed by atoms with Crippen LogP contribution in [0.15, 0.2) is 13.2 Å². The maximum atomic E-state index is 11.7. The second-order valence-electron chi connectivity index (χ2n) is 4.45. The van der Waals surface area contributed by atoms with Gasteiger partial charge < -0.3 is 0 Å². The molecule has 4 nitrogen and oxygen atoms in total. The van der Waals surface area contributed by atoms with E-state index in [-0.39, 0.29) is 11.6 Å². The van der Waals surface area contributed by atoms with E-state index in [0.717, 1.165) is 6.42 Å². The van der Waals surface area contributed by atoms with E-state index in [4.69, 9.17) is 0 Å². The number of hydrogen-bond donors (Lipinski definition) is 1. The Labute approximate surface area is 93.5 Å². The molecule has 0 aromatic carbocycles. The van der Waals surface area contributed by atoms with Crippen molar-refractivity contribution in [1.82, 2.24) is 9.03 Å². The van der Waals surface area contributed by atoms with Gasteiger partial charge in [-0.25, -0.2) is 0 Å². The maximum absolute atomic E-state index is 11.7. The van der Waals surface area contributed by atoms with Gasteiger partial charge >= 0.3 is 0 Å². The summed E-state index contributed by atoms with van der Waals surface area (Å²) in [6.45, 7) is 14.2. The molecule has 1 fully saturated rings. The second kappa shape index (κ2) is 5.09. The Kier molecular flexibility index (Phi) is 4.96. The summed E-state index contributed by atoms with van der Waals surface area (Å²) in [4.78, 5) is 0. The largest absolute Gasteiger partial charge is 0.280 e. The standard InChI is InChI=1S/C8H18N2O2S.C2H4/c1-7(2)10-6-5-8(3,4)9-13(10,11)12;1-2/h7,9H,5-6H2,1-4H3;1-2H2. The molecular formula is C10H22N2O2S. The molecule has 0 aromatic heterocycles. The average Bonchev–Trinajstić information content (AvgIpc) is 2.02. The van der Waals surface area contributed by atoms with Crippen LogP contribution in [0.4, 0.5) is 0 Å². The molecule has 1 aliphatic rings. The molecule has 0 bridgehead atoms. The highest BCUT2D eigenvalue weighted by molar-refractivity contribution is 7.87. The lowest BCUT2D eigenvalue weighted by Crippen LogP contribution is -2.58. The first-order valence-corrected chi connectivity index (χ1v) is 6.49. The summed E-state index contributed by atoms with van der Waals surface area (Å²) in [6, 6.07) is 0.0357. The van der Waals surface area contributed by atoms with Crippen LogP contribution in [0, 0.1) is 0 Å². The van der Waals surface area contributed by atoms with Crippen molar-refractivity contribution in [2.45, 2.75) is 45.7 Å². The molecule has 15 heavy (non-hydrogen) atoms. The molecule has 0 atom stereocenters. The van der Waals surface area contributed by atoms with Gasteiger partial charge in [0.1, 0.15) is 0 Å². The van der Waals surface area contributed by atoms with Crippen LogP contribution in [0.2, 0.25) is 0 Å². The number of rotatable bonds is 1. The highest BCUT2D eigenvalue weighted by atomic mass is 32.2. The number of nitrogens with one attached hydrogen (secondary N) is 1. The normalized spacial score (nSPS) is 24.3. The Bertz CT molecular complexity index is 297. The molecule has 0 unspecified atom stereocenters. The molecule has 0 aromatic rings. The third-order valence-electron chi connectivity index (χ3n) is 2.25. The molecule has 5 heteroatoms. The van der Waals surface area contributed by atoms with E-state index in [1.807, 2.05) is 27.7 Å². The van der Waals surface area contributed by atoms with Crippen LogP contribution < -0.4 is 4.72 Å². The molecule has 1 heterocycles. The topological polar surface area (TPSA) is 49.4 Å². The lowest BCUT2D eigenvalue weighted by atomic mass is 10.0. The quantitative estimate of drug-likeness (QED) is 0.699. The Morgan fingerprint density at radius 3 is 2.13 bits per heavy atom. The van der Waals surface area contributed by atoms with Crippen molar-refractivity contribution >= 4 is 10.2 Å². The van der Waals surface area contributed by atoms with Crippen molar-refractivity contribution < 1.29 is 8.42 Å². The van der Waals surface area contributed by atoms with Crippen molar-refractivity contribution in [1.29, 1.82) is 0 Å². The van der Waals surface area contributed by atoms with E-state index < -0.39 is 10.2 Å². The van der Waals surface area contributed by atoms with Crippen LogP contribution in [0.3, 0.4) is 0 Å². The molecule has 0 radical (unpaired) electrons. The third-order valence-corrected chi connectivity index (χ3v) is 4.28. The predicted molar refractivity (Wildman–Crippen MR) is 63.8 cm³/mol. The zero-order chi connectivity index (χ0) is 12.3. The van der Waals surface area contributed by atoms with Gasteiger partial charge in [-0.15, -0.1) is 13.2 Å². The fourth-order valence-corrected chi connectivity index (χ4v) is 3.31. The van der Waals surface area contributed by atoms with Gasteiger partial charge in [0.25, 0.3) is 10.2 Å². The highest BCUT2D eigenvalue weighted by Crippen LogP contribution is 2.21. The lowest BCUT2D eigenvalue weighted by Gasteiger charge is -2.38. The minimum absolute atomic E-state index is 0.0357. The van der Waals surface area contributed by atoms with Gasteiger partial charge in [-0.05, 0) is 34.1 Å². The van der Waals surface area contributed by atoms with Crippen molar-refractivity contribution in [2.75, 3.05) is 6.54 Å². The summed E-state index contributed by atoms with van der Waals surface area (Å²) in [7, 11) is -3.25. The third kappa shape index (κ3) is 3.93. The first-order chi connectivity index (χ1) is 6.75. The van der Waals surface area contributed by atoms with Crippen molar-refractivity contribution in [3.63, 3.8) is 0 Å². The first kappa shape index (κ1) is 14.6. The smallest absolute Gasteiger partial charge is 0.196 e. The van der Waals surface area contributed by atoms with Crippen LogP contribution in [0.25, 0.3) is 0 Å². The Morgan fingerprint density at radius 2 is 1.80 bits per heavy atom. The highest BCUT2D eigenvalue weighted by Gasteiger charge is 2.36. The lowest BCUT2D eigenvalue weighted by molar-refractivity contribution is 0.263. The number of hydrogen-bond acceptors (Lipinski definition) is 2. The summed E-state index contributed by atoms with van der Waals surface area (Å²) >= 11 is 0. The van der Waals surface area contributed by atoms with Crippen LogP contribution in [0.5, 0.6) is 0 Å². The van der Waals surface area contributed by atoms with Crippen LogP contribution in [-0.4, -0.2) is 30.8 Å². The minimum atomic E-state index is -3.25. The van der Waals surface area contributed by atoms with E-state index in [1.54, 1.807) is 0 Å². The fourth-order valence-electron chi connectivity index (χ4n) is 1.50. The van der Waals surface area contributed by atoms with E-state index in [1.165, 1.54) is 4.31 Å². The summed E-state index contributed by atoms with van der Waals surface area (Å²) in [5.74, 6) is 0. The Balaban J connectivity index is 0.000000921. The van der Waals surface area contributed by atoms with Crippen LogP contribution in [-0.2, 0) is 10.2 Å². The van der Waals surface area contributed by atoms with Gasteiger partial charge in [0, 0.05) is 18.1 Å². The summed E-state index contributed by atoms with van der Waals surface area (Å²) in [6.07, 6.45) is 0.852. The van der Waals surface area contributed by atoms with Crippen molar-refractivity contribution in [2.24, 2.45) is 0 Å². The van der Waals surface area contributed by atoms with Gasteiger partial charge in [-0.3, -0.25) is 0 Å². The maximum Gasteiger partial charge on any atom is 0.280 e.